The summed E-state index contributed by atoms with van der Waals surface area (Å²) in [5.74, 6) is -0.226. The van der Waals surface area contributed by atoms with Crippen molar-refractivity contribution in [1.82, 2.24) is 5.32 Å². The quantitative estimate of drug-likeness (QED) is 0.454. The summed E-state index contributed by atoms with van der Waals surface area (Å²) in [5.41, 5.74) is 1.47. The smallest absolute Gasteiger partial charge is 0.408 e. The number of alkyl carbamates (subject to hydrolysis) is 1. The first-order valence-electron chi connectivity index (χ1n) is 12.0. The summed E-state index contributed by atoms with van der Waals surface area (Å²) >= 11 is 0. The molecule has 0 spiro atoms. The zero-order valence-corrected chi connectivity index (χ0v) is 21.6. The van der Waals surface area contributed by atoms with Crippen molar-refractivity contribution >= 4 is 29.3 Å². The fraction of sp³-hybridized carbons (Fsp3) is 0.276. The fourth-order valence-electron chi connectivity index (χ4n) is 3.40. The lowest BCUT2D eigenvalue weighted by molar-refractivity contribution is -0.122. The van der Waals surface area contributed by atoms with Crippen molar-refractivity contribution in [3.05, 3.63) is 90.5 Å². The minimum Gasteiger partial charge on any atom is -0.489 e. The van der Waals surface area contributed by atoms with Gasteiger partial charge in [-0.2, -0.15) is 0 Å². The van der Waals surface area contributed by atoms with Crippen molar-refractivity contribution in [1.29, 1.82) is 0 Å². The second-order valence-electron chi connectivity index (χ2n) is 9.40. The van der Waals surface area contributed by atoms with Crippen LogP contribution in [0, 0.1) is 0 Å². The SMILES string of the molecule is CN(C(=O)CN(C(=O)CNC(=O)OC(C)(C)C)c1cccc(OCc2ccccc2)c1)c1ccccc1. The Balaban J connectivity index is 1.78. The highest BCUT2D eigenvalue weighted by Gasteiger charge is 2.24. The number of hydrogen-bond donors (Lipinski definition) is 1. The molecule has 0 radical (unpaired) electrons. The fourth-order valence-corrected chi connectivity index (χ4v) is 3.40. The van der Waals surface area contributed by atoms with E-state index in [9.17, 15) is 14.4 Å². The van der Waals surface area contributed by atoms with Gasteiger partial charge in [0, 0.05) is 24.5 Å². The molecule has 1 N–H and O–H groups in total. The van der Waals surface area contributed by atoms with Crippen molar-refractivity contribution in [2.45, 2.75) is 33.0 Å². The zero-order valence-electron chi connectivity index (χ0n) is 21.6. The molecule has 0 heterocycles. The first kappa shape index (κ1) is 27.3. The van der Waals surface area contributed by atoms with Gasteiger partial charge in [0.05, 0.1) is 0 Å². The number of likely N-dealkylation sites (N-methyl/N-ethyl adjacent to an activating group) is 1. The van der Waals surface area contributed by atoms with E-state index in [4.69, 9.17) is 9.47 Å². The van der Waals surface area contributed by atoms with Gasteiger partial charge in [-0.15, -0.1) is 0 Å². The molecule has 8 nitrogen and oxygen atoms in total. The van der Waals surface area contributed by atoms with E-state index >= 15 is 0 Å². The Bertz CT molecular complexity index is 1190. The largest absolute Gasteiger partial charge is 0.489 e. The van der Waals surface area contributed by atoms with Crippen LogP contribution in [-0.4, -0.2) is 43.6 Å². The lowest BCUT2D eigenvalue weighted by atomic mass is 10.2. The third kappa shape index (κ3) is 8.68. The molecule has 194 valence electrons. The molecule has 3 rings (SSSR count). The topological polar surface area (TPSA) is 88.2 Å². The summed E-state index contributed by atoms with van der Waals surface area (Å²) in [4.78, 5) is 41.3. The van der Waals surface area contributed by atoms with Crippen LogP contribution in [0.4, 0.5) is 16.2 Å². The Hall–Kier alpha value is -4.33. The first-order chi connectivity index (χ1) is 17.6. The molecule has 0 aliphatic rings. The highest BCUT2D eigenvalue weighted by molar-refractivity contribution is 6.04. The third-order valence-electron chi connectivity index (χ3n) is 5.27. The predicted molar refractivity (Wildman–Crippen MR) is 144 cm³/mol. The summed E-state index contributed by atoms with van der Waals surface area (Å²) in [5, 5.41) is 2.48. The van der Waals surface area contributed by atoms with E-state index in [0.29, 0.717) is 23.7 Å². The van der Waals surface area contributed by atoms with E-state index in [1.165, 1.54) is 9.80 Å². The van der Waals surface area contributed by atoms with Gasteiger partial charge in [-0.25, -0.2) is 4.79 Å². The number of hydrogen-bond acceptors (Lipinski definition) is 5. The molecular weight excluding hydrogens is 470 g/mol. The van der Waals surface area contributed by atoms with Crippen molar-refractivity contribution in [2.75, 3.05) is 29.9 Å². The van der Waals surface area contributed by atoms with Crippen LogP contribution in [0.3, 0.4) is 0 Å². The lowest BCUT2D eigenvalue weighted by Gasteiger charge is -2.26. The molecule has 0 aromatic heterocycles. The normalized spacial score (nSPS) is 10.8. The third-order valence-corrected chi connectivity index (χ3v) is 5.27. The summed E-state index contributed by atoms with van der Waals surface area (Å²) in [6.07, 6.45) is -0.714. The number of nitrogens with zero attached hydrogens (tertiary/aromatic N) is 2. The van der Waals surface area contributed by atoms with Crippen molar-refractivity contribution in [2.24, 2.45) is 0 Å². The molecule has 0 saturated carbocycles. The van der Waals surface area contributed by atoms with Crippen molar-refractivity contribution in [3.63, 3.8) is 0 Å². The van der Waals surface area contributed by atoms with E-state index in [-0.39, 0.29) is 19.0 Å². The number of anilines is 2. The zero-order chi connectivity index (χ0) is 26.8. The minimum atomic E-state index is -0.714. The molecule has 0 unspecified atom stereocenters. The van der Waals surface area contributed by atoms with E-state index in [1.54, 1.807) is 52.1 Å². The maximum atomic E-state index is 13.2. The van der Waals surface area contributed by atoms with Crippen molar-refractivity contribution < 1.29 is 23.9 Å². The van der Waals surface area contributed by atoms with Crippen LogP contribution in [0.15, 0.2) is 84.9 Å². The number of carbonyl (C=O) groups excluding carboxylic acids is 3. The van der Waals surface area contributed by atoms with Crippen LogP contribution in [-0.2, 0) is 20.9 Å². The Morgan fingerprint density at radius 3 is 2.08 bits per heavy atom. The number of benzene rings is 3. The second-order valence-corrected chi connectivity index (χ2v) is 9.40. The monoisotopic (exact) mass is 503 g/mol. The van der Waals surface area contributed by atoms with Gasteiger partial charge < -0.3 is 24.6 Å². The maximum Gasteiger partial charge on any atom is 0.408 e. The lowest BCUT2D eigenvalue weighted by Crippen LogP contribution is -2.46. The molecule has 37 heavy (non-hydrogen) atoms. The number of nitrogens with one attached hydrogen (secondary N) is 1. The van der Waals surface area contributed by atoms with Crippen molar-refractivity contribution in [3.8, 4) is 5.75 Å². The van der Waals surface area contributed by atoms with Crippen LogP contribution >= 0.6 is 0 Å². The van der Waals surface area contributed by atoms with E-state index < -0.39 is 17.6 Å². The predicted octanol–water partition coefficient (Wildman–Crippen LogP) is 4.79. The summed E-state index contributed by atoms with van der Waals surface area (Å²) in [6.45, 7) is 4.99. The highest BCUT2D eigenvalue weighted by Crippen LogP contribution is 2.23. The Morgan fingerprint density at radius 2 is 1.43 bits per heavy atom. The summed E-state index contributed by atoms with van der Waals surface area (Å²) in [7, 11) is 1.65. The van der Waals surface area contributed by atoms with Gasteiger partial charge in [0.25, 0.3) is 0 Å². The number of amides is 3. The Kier molecular flexibility index (Phi) is 9.27. The average molecular weight is 504 g/mol. The van der Waals surface area contributed by atoms with Gasteiger partial charge in [0.1, 0.15) is 31.0 Å². The van der Waals surface area contributed by atoms with Gasteiger partial charge >= 0.3 is 6.09 Å². The molecule has 0 bridgehead atoms. The van der Waals surface area contributed by atoms with Crippen LogP contribution in [0.2, 0.25) is 0 Å². The maximum absolute atomic E-state index is 13.2. The van der Waals surface area contributed by atoms with Gasteiger partial charge in [0.15, 0.2) is 0 Å². The molecule has 3 aromatic carbocycles. The number of carbonyl (C=O) groups is 3. The molecule has 0 aliphatic heterocycles. The van der Waals surface area contributed by atoms with Crippen LogP contribution in [0.5, 0.6) is 5.75 Å². The van der Waals surface area contributed by atoms with E-state index in [1.807, 2.05) is 60.7 Å². The van der Waals surface area contributed by atoms with E-state index in [0.717, 1.165) is 5.56 Å². The molecular formula is C29H33N3O5. The molecule has 8 heteroatoms. The molecule has 3 amide bonds. The number of para-hydroxylation sites is 1. The van der Waals surface area contributed by atoms with Gasteiger partial charge in [-0.1, -0.05) is 54.6 Å². The van der Waals surface area contributed by atoms with Crippen LogP contribution in [0.1, 0.15) is 26.3 Å². The number of ether oxygens (including phenoxy) is 2. The first-order valence-corrected chi connectivity index (χ1v) is 12.0. The minimum absolute atomic E-state index is 0.234. The van der Waals surface area contributed by atoms with Gasteiger partial charge in [-0.3, -0.25) is 9.59 Å². The molecule has 0 saturated heterocycles. The second kappa shape index (κ2) is 12.6. The number of rotatable bonds is 9. The molecule has 0 fully saturated rings. The van der Waals surface area contributed by atoms with Crippen LogP contribution in [0.25, 0.3) is 0 Å². The Labute approximate surface area is 217 Å². The Morgan fingerprint density at radius 1 is 0.811 bits per heavy atom. The van der Waals surface area contributed by atoms with E-state index in [2.05, 4.69) is 5.32 Å². The average Bonchev–Trinajstić information content (AvgIpc) is 2.89. The highest BCUT2D eigenvalue weighted by atomic mass is 16.6. The van der Waals surface area contributed by atoms with Gasteiger partial charge in [-0.05, 0) is 50.6 Å². The molecule has 0 aliphatic carbocycles. The summed E-state index contributed by atoms with van der Waals surface area (Å²) in [6, 6.07) is 25.8. The van der Waals surface area contributed by atoms with Crippen LogP contribution < -0.4 is 19.9 Å². The molecule has 0 atom stereocenters. The molecule has 3 aromatic rings. The standard InChI is InChI=1S/C29H33N3O5/c1-29(2,3)37-28(35)30-19-26(33)32(20-27(34)31(4)23-14-9-6-10-15-23)24-16-11-17-25(18-24)36-21-22-12-7-5-8-13-22/h5-18H,19-21H2,1-4H3,(H,30,35). The van der Waals surface area contributed by atoms with Gasteiger partial charge in [0.2, 0.25) is 11.8 Å². The summed E-state index contributed by atoms with van der Waals surface area (Å²) < 4.78 is 11.1.